The SMILES string of the molecule is NCCCN1CCN(C(=O)NC2CCC2)CC1. The third kappa shape index (κ3) is 3.57. The lowest BCUT2D eigenvalue weighted by atomic mass is 9.93. The van der Waals surface area contributed by atoms with Gasteiger partial charge in [0.25, 0.3) is 0 Å². The Hall–Kier alpha value is -0.810. The topological polar surface area (TPSA) is 61.6 Å². The van der Waals surface area contributed by atoms with Crippen LogP contribution in [0, 0.1) is 0 Å². The summed E-state index contributed by atoms with van der Waals surface area (Å²) in [7, 11) is 0. The number of nitrogens with two attached hydrogens (primary N) is 1. The largest absolute Gasteiger partial charge is 0.335 e. The molecule has 2 aliphatic rings. The van der Waals surface area contributed by atoms with E-state index in [1.54, 1.807) is 0 Å². The van der Waals surface area contributed by atoms with Crippen molar-refractivity contribution in [3.63, 3.8) is 0 Å². The zero-order chi connectivity index (χ0) is 12.1. The van der Waals surface area contributed by atoms with E-state index >= 15 is 0 Å². The van der Waals surface area contributed by atoms with Gasteiger partial charge in [-0.1, -0.05) is 0 Å². The first-order chi connectivity index (χ1) is 8.29. The van der Waals surface area contributed by atoms with Crippen LogP contribution < -0.4 is 11.1 Å². The Labute approximate surface area is 103 Å². The predicted octanol–water partition coefficient (Wildman–Crippen LogP) is 0.215. The molecule has 5 nitrogen and oxygen atoms in total. The minimum absolute atomic E-state index is 0.133. The molecule has 0 bridgehead atoms. The molecule has 1 saturated heterocycles. The number of nitrogens with zero attached hydrogens (tertiary/aromatic N) is 2. The summed E-state index contributed by atoms with van der Waals surface area (Å²) in [5, 5.41) is 3.09. The van der Waals surface area contributed by atoms with E-state index in [1.165, 1.54) is 6.42 Å². The van der Waals surface area contributed by atoms with E-state index in [1.807, 2.05) is 4.90 Å². The average molecular weight is 240 g/mol. The molecule has 3 N–H and O–H groups in total. The highest BCUT2D eigenvalue weighted by molar-refractivity contribution is 5.74. The molecule has 2 amide bonds. The zero-order valence-electron chi connectivity index (χ0n) is 10.5. The highest BCUT2D eigenvalue weighted by Crippen LogP contribution is 2.18. The molecule has 0 aromatic carbocycles. The molecule has 2 rings (SSSR count). The number of carbonyl (C=O) groups excluding carboxylic acids is 1. The summed E-state index contributed by atoms with van der Waals surface area (Å²) in [6, 6.07) is 0.575. The van der Waals surface area contributed by atoms with Crippen LogP contribution in [-0.4, -0.2) is 61.1 Å². The van der Waals surface area contributed by atoms with E-state index in [4.69, 9.17) is 5.73 Å². The van der Waals surface area contributed by atoms with E-state index in [0.717, 1.165) is 58.5 Å². The fraction of sp³-hybridized carbons (Fsp3) is 0.917. The van der Waals surface area contributed by atoms with Crippen molar-refractivity contribution in [2.24, 2.45) is 5.73 Å². The maximum Gasteiger partial charge on any atom is 0.317 e. The first kappa shape index (κ1) is 12.6. The summed E-state index contributed by atoms with van der Waals surface area (Å²) in [6.45, 7) is 5.49. The Morgan fingerprint density at radius 1 is 1.24 bits per heavy atom. The van der Waals surface area contributed by atoms with Gasteiger partial charge in [0.05, 0.1) is 0 Å². The molecule has 1 heterocycles. The second-order valence-corrected chi connectivity index (χ2v) is 5.05. The molecule has 5 heteroatoms. The molecular weight excluding hydrogens is 216 g/mol. The van der Waals surface area contributed by atoms with Gasteiger partial charge in [0.1, 0.15) is 0 Å². The van der Waals surface area contributed by atoms with Crippen molar-refractivity contribution < 1.29 is 4.79 Å². The molecule has 0 radical (unpaired) electrons. The Bertz CT molecular complexity index is 247. The average Bonchev–Trinajstić information content (AvgIpc) is 2.31. The van der Waals surface area contributed by atoms with Gasteiger partial charge in [-0.2, -0.15) is 0 Å². The number of piperazine rings is 1. The van der Waals surface area contributed by atoms with Crippen molar-refractivity contribution in [2.75, 3.05) is 39.3 Å². The molecule has 0 atom stereocenters. The number of urea groups is 1. The van der Waals surface area contributed by atoms with Crippen LogP contribution in [0.25, 0.3) is 0 Å². The van der Waals surface area contributed by atoms with E-state index in [-0.39, 0.29) is 6.03 Å². The third-order valence-electron chi connectivity index (χ3n) is 3.77. The fourth-order valence-corrected chi connectivity index (χ4v) is 2.31. The van der Waals surface area contributed by atoms with E-state index < -0.39 is 0 Å². The van der Waals surface area contributed by atoms with Gasteiger partial charge in [0.15, 0.2) is 0 Å². The second-order valence-electron chi connectivity index (χ2n) is 5.05. The van der Waals surface area contributed by atoms with Crippen LogP contribution in [0.15, 0.2) is 0 Å². The number of rotatable bonds is 4. The monoisotopic (exact) mass is 240 g/mol. The van der Waals surface area contributed by atoms with Gasteiger partial charge >= 0.3 is 6.03 Å². The summed E-state index contributed by atoms with van der Waals surface area (Å²) in [6.07, 6.45) is 4.62. The predicted molar refractivity (Wildman–Crippen MR) is 67.9 cm³/mol. The minimum Gasteiger partial charge on any atom is -0.335 e. The lowest BCUT2D eigenvalue weighted by molar-refractivity contribution is 0.133. The van der Waals surface area contributed by atoms with Gasteiger partial charge in [-0.3, -0.25) is 4.90 Å². The van der Waals surface area contributed by atoms with Crippen molar-refractivity contribution in [2.45, 2.75) is 31.7 Å². The summed E-state index contributed by atoms with van der Waals surface area (Å²) < 4.78 is 0. The Morgan fingerprint density at radius 3 is 2.47 bits per heavy atom. The van der Waals surface area contributed by atoms with Crippen LogP contribution in [0.4, 0.5) is 4.79 Å². The zero-order valence-corrected chi connectivity index (χ0v) is 10.5. The molecule has 2 fully saturated rings. The first-order valence-electron chi connectivity index (χ1n) is 6.77. The van der Waals surface area contributed by atoms with Crippen LogP contribution in [0.5, 0.6) is 0 Å². The van der Waals surface area contributed by atoms with Crippen molar-refractivity contribution in [1.29, 1.82) is 0 Å². The summed E-state index contributed by atoms with van der Waals surface area (Å²) >= 11 is 0. The van der Waals surface area contributed by atoms with E-state index in [2.05, 4.69) is 10.2 Å². The molecule has 98 valence electrons. The van der Waals surface area contributed by atoms with Gasteiger partial charge in [0, 0.05) is 32.2 Å². The van der Waals surface area contributed by atoms with Crippen molar-refractivity contribution in [3.8, 4) is 0 Å². The van der Waals surface area contributed by atoms with Gasteiger partial charge in [-0.05, 0) is 38.8 Å². The highest BCUT2D eigenvalue weighted by Gasteiger charge is 2.25. The van der Waals surface area contributed by atoms with Gasteiger partial charge in [0.2, 0.25) is 0 Å². The molecule has 0 unspecified atom stereocenters. The Morgan fingerprint density at radius 2 is 1.94 bits per heavy atom. The Kier molecular flexibility index (Phi) is 4.62. The van der Waals surface area contributed by atoms with Crippen molar-refractivity contribution in [3.05, 3.63) is 0 Å². The van der Waals surface area contributed by atoms with E-state index in [0.29, 0.717) is 6.04 Å². The third-order valence-corrected chi connectivity index (χ3v) is 3.77. The molecule has 1 saturated carbocycles. The molecule has 0 aromatic heterocycles. The van der Waals surface area contributed by atoms with Gasteiger partial charge in [-0.25, -0.2) is 4.79 Å². The number of nitrogens with one attached hydrogen (secondary N) is 1. The number of carbonyl (C=O) groups is 1. The smallest absolute Gasteiger partial charge is 0.317 e. The second kappa shape index (κ2) is 6.21. The van der Waals surface area contributed by atoms with Gasteiger partial charge < -0.3 is 16.0 Å². The van der Waals surface area contributed by atoms with Crippen LogP contribution in [-0.2, 0) is 0 Å². The minimum atomic E-state index is 0.133. The van der Waals surface area contributed by atoms with Crippen LogP contribution in [0.2, 0.25) is 0 Å². The molecule has 1 aliphatic heterocycles. The first-order valence-corrected chi connectivity index (χ1v) is 6.77. The molecule has 0 aromatic rings. The summed E-state index contributed by atoms with van der Waals surface area (Å²) in [5.41, 5.74) is 5.50. The fourth-order valence-electron chi connectivity index (χ4n) is 2.31. The highest BCUT2D eigenvalue weighted by atomic mass is 16.2. The number of hydrogen-bond acceptors (Lipinski definition) is 3. The molecule has 1 aliphatic carbocycles. The van der Waals surface area contributed by atoms with Crippen LogP contribution >= 0.6 is 0 Å². The van der Waals surface area contributed by atoms with Crippen molar-refractivity contribution >= 4 is 6.03 Å². The molecular formula is C12H24N4O. The van der Waals surface area contributed by atoms with Crippen molar-refractivity contribution in [1.82, 2.24) is 15.1 Å². The van der Waals surface area contributed by atoms with E-state index in [9.17, 15) is 4.79 Å². The lowest BCUT2D eigenvalue weighted by Gasteiger charge is -2.36. The quantitative estimate of drug-likeness (QED) is 0.739. The molecule has 0 spiro atoms. The maximum atomic E-state index is 11.9. The van der Waals surface area contributed by atoms with Crippen LogP contribution in [0.1, 0.15) is 25.7 Å². The standard InChI is InChI=1S/C12H24N4O/c13-5-2-6-15-7-9-16(10-8-15)12(17)14-11-3-1-4-11/h11H,1-10,13H2,(H,14,17). The van der Waals surface area contributed by atoms with Gasteiger partial charge in [-0.15, -0.1) is 0 Å². The maximum absolute atomic E-state index is 11.9. The summed E-state index contributed by atoms with van der Waals surface area (Å²) in [5.74, 6) is 0. The van der Waals surface area contributed by atoms with Crippen LogP contribution in [0.3, 0.4) is 0 Å². The summed E-state index contributed by atoms with van der Waals surface area (Å²) in [4.78, 5) is 16.2. The normalized spacial score (nSPS) is 22.3. The Balaban J connectivity index is 1.65. The number of amides is 2. The number of hydrogen-bond donors (Lipinski definition) is 2. The molecule has 17 heavy (non-hydrogen) atoms. The lowest BCUT2D eigenvalue weighted by Crippen LogP contribution is -2.54.